The van der Waals surface area contributed by atoms with Gasteiger partial charge in [-0.3, -0.25) is 4.79 Å². The van der Waals surface area contributed by atoms with E-state index < -0.39 is 17.9 Å². The van der Waals surface area contributed by atoms with E-state index >= 15 is 0 Å². The normalized spacial score (nSPS) is 15.0. The molecule has 0 heterocycles. The van der Waals surface area contributed by atoms with E-state index in [2.05, 4.69) is 5.32 Å². The standard InChI is InChI=1S/C20H21NO3/c22-19(21-17(20(23)24)13-14-11-12-14)18(15-7-3-1-4-8-15)16-9-5-2-6-10-16/h1-10,14,17-18H,11-13H2,(H,21,22)(H,23,24)/t17-/m1/s1. The molecule has 1 fully saturated rings. The van der Waals surface area contributed by atoms with Crippen molar-refractivity contribution < 1.29 is 14.7 Å². The summed E-state index contributed by atoms with van der Waals surface area (Å²) in [6.07, 6.45) is 2.62. The van der Waals surface area contributed by atoms with E-state index in [-0.39, 0.29) is 5.91 Å². The molecule has 0 aliphatic heterocycles. The van der Waals surface area contributed by atoms with Crippen molar-refractivity contribution in [2.45, 2.75) is 31.2 Å². The number of nitrogens with one attached hydrogen (secondary N) is 1. The highest BCUT2D eigenvalue weighted by Gasteiger charge is 2.32. The summed E-state index contributed by atoms with van der Waals surface area (Å²) < 4.78 is 0. The molecule has 0 aromatic heterocycles. The van der Waals surface area contributed by atoms with Crippen molar-refractivity contribution >= 4 is 11.9 Å². The van der Waals surface area contributed by atoms with Crippen molar-refractivity contribution in [3.63, 3.8) is 0 Å². The first-order valence-corrected chi connectivity index (χ1v) is 8.28. The maximum absolute atomic E-state index is 12.9. The molecular weight excluding hydrogens is 302 g/mol. The molecule has 4 nitrogen and oxygen atoms in total. The fraction of sp³-hybridized carbons (Fsp3) is 0.300. The van der Waals surface area contributed by atoms with E-state index in [0.717, 1.165) is 24.0 Å². The first-order chi connectivity index (χ1) is 11.6. The number of carboxylic acid groups (broad SMARTS) is 1. The van der Waals surface area contributed by atoms with Crippen LogP contribution in [-0.2, 0) is 9.59 Å². The lowest BCUT2D eigenvalue weighted by Gasteiger charge is -2.21. The van der Waals surface area contributed by atoms with Crippen molar-refractivity contribution in [1.82, 2.24) is 5.32 Å². The summed E-state index contributed by atoms with van der Waals surface area (Å²) in [6, 6.07) is 18.1. The predicted molar refractivity (Wildman–Crippen MR) is 91.6 cm³/mol. The van der Waals surface area contributed by atoms with Crippen LogP contribution in [0.1, 0.15) is 36.3 Å². The number of carboxylic acids is 1. The largest absolute Gasteiger partial charge is 0.480 e. The second kappa shape index (κ2) is 7.30. The third-order valence-corrected chi connectivity index (χ3v) is 4.41. The Morgan fingerprint density at radius 1 is 0.958 bits per heavy atom. The summed E-state index contributed by atoms with van der Waals surface area (Å²) in [7, 11) is 0. The Morgan fingerprint density at radius 3 is 1.88 bits per heavy atom. The van der Waals surface area contributed by atoms with Crippen LogP contribution in [0.15, 0.2) is 60.7 Å². The minimum atomic E-state index is -0.963. The maximum atomic E-state index is 12.9. The molecule has 1 amide bonds. The van der Waals surface area contributed by atoms with Gasteiger partial charge in [-0.2, -0.15) is 0 Å². The lowest BCUT2D eigenvalue weighted by atomic mass is 9.90. The third-order valence-electron chi connectivity index (χ3n) is 4.41. The molecule has 0 saturated heterocycles. The zero-order valence-electron chi connectivity index (χ0n) is 13.4. The van der Waals surface area contributed by atoms with Crippen LogP contribution >= 0.6 is 0 Å². The highest BCUT2D eigenvalue weighted by molar-refractivity contribution is 5.90. The number of rotatable bonds is 7. The van der Waals surface area contributed by atoms with Crippen LogP contribution in [0, 0.1) is 5.92 Å². The van der Waals surface area contributed by atoms with Gasteiger partial charge in [0.25, 0.3) is 0 Å². The Kier molecular flexibility index (Phi) is 4.94. The van der Waals surface area contributed by atoms with Crippen LogP contribution in [0.25, 0.3) is 0 Å². The number of aliphatic carboxylic acids is 1. The van der Waals surface area contributed by atoms with Gasteiger partial charge in [0.05, 0.1) is 5.92 Å². The molecule has 1 aliphatic carbocycles. The summed E-state index contributed by atoms with van der Waals surface area (Å²) in [5, 5.41) is 12.2. The number of amides is 1. The van der Waals surface area contributed by atoms with E-state index in [9.17, 15) is 14.7 Å². The van der Waals surface area contributed by atoms with Crippen molar-refractivity contribution in [2.75, 3.05) is 0 Å². The van der Waals surface area contributed by atoms with Crippen LogP contribution in [0.3, 0.4) is 0 Å². The van der Waals surface area contributed by atoms with E-state index in [4.69, 9.17) is 0 Å². The molecule has 2 aromatic rings. The predicted octanol–water partition coefficient (Wildman–Crippen LogP) is 3.19. The van der Waals surface area contributed by atoms with Gasteiger partial charge in [0.2, 0.25) is 5.91 Å². The SMILES string of the molecule is O=C(N[C@H](CC1CC1)C(=O)O)C(c1ccccc1)c1ccccc1. The average molecular weight is 323 g/mol. The van der Waals surface area contributed by atoms with Crippen molar-refractivity contribution in [3.05, 3.63) is 71.8 Å². The third kappa shape index (κ3) is 4.02. The Labute approximate surface area is 141 Å². The van der Waals surface area contributed by atoms with Crippen LogP contribution in [0.4, 0.5) is 0 Å². The summed E-state index contributed by atoms with van der Waals surface area (Å²) in [6.45, 7) is 0. The van der Waals surface area contributed by atoms with Gasteiger partial charge in [-0.15, -0.1) is 0 Å². The maximum Gasteiger partial charge on any atom is 0.326 e. The van der Waals surface area contributed by atoms with Gasteiger partial charge in [0, 0.05) is 0 Å². The van der Waals surface area contributed by atoms with Gasteiger partial charge in [-0.1, -0.05) is 73.5 Å². The zero-order valence-corrected chi connectivity index (χ0v) is 13.4. The number of carbonyl (C=O) groups excluding carboxylic acids is 1. The zero-order chi connectivity index (χ0) is 16.9. The summed E-state index contributed by atoms with van der Waals surface area (Å²) >= 11 is 0. The van der Waals surface area contributed by atoms with E-state index in [1.54, 1.807) is 0 Å². The summed E-state index contributed by atoms with van der Waals surface area (Å²) in [5.41, 5.74) is 1.72. The van der Waals surface area contributed by atoms with Gasteiger partial charge in [0.1, 0.15) is 6.04 Å². The van der Waals surface area contributed by atoms with E-state index in [1.807, 2.05) is 60.7 Å². The quantitative estimate of drug-likeness (QED) is 0.822. The van der Waals surface area contributed by atoms with Gasteiger partial charge in [-0.05, 0) is 23.5 Å². The Hall–Kier alpha value is -2.62. The topological polar surface area (TPSA) is 66.4 Å². The molecule has 3 rings (SSSR count). The molecule has 1 aliphatic rings. The first-order valence-electron chi connectivity index (χ1n) is 8.28. The van der Waals surface area contributed by atoms with Crippen molar-refractivity contribution in [1.29, 1.82) is 0 Å². The Bertz CT molecular complexity index is 656. The minimum Gasteiger partial charge on any atom is -0.480 e. The van der Waals surface area contributed by atoms with E-state index in [0.29, 0.717) is 12.3 Å². The summed E-state index contributed by atoms with van der Waals surface area (Å²) in [4.78, 5) is 24.4. The van der Waals surface area contributed by atoms with Gasteiger partial charge < -0.3 is 10.4 Å². The molecule has 0 spiro atoms. The number of carbonyl (C=O) groups is 2. The smallest absolute Gasteiger partial charge is 0.326 e. The van der Waals surface area contributed by atoms with Crippen LogP contribution < -0.4 is 5.32 Å². The number of benzene rings is 2. The molecule has 1 atom stereocenters. The highest BCUT2D eigenvalue weighted by Crippen LogP contribution is 2.34. The summed E-state index contributed by atoms with van der Waals surface area (Å²) in [5.74, 6) is -1.30. The average Bonchev–Trinajstić information content (AvgIpc) is 3.40. The fourth-order valence-electron chi connectivity index (χ4n) is 2.95. The molecular formula is C20H21NO3. The highest BCUT2D eigenvalue weighted by atomic mass is 16.4. The lowest BCUT2D eigenvalue weighted by Crippen LogP contribution is -2.43. The van der Waals surface area contributed by atoms with Gasteiger partial charge in [0.15, 0.2) is 0 Å². The molecule has 2 aromatic carbocycles. The molecule has 0 radical (unpaired) electrons. The van der Waals surface area contributed by atoms with E-state index in [1.165, 1.54) is 0 Å². The van der Waals surface area contributed by atoms with Gasteiger partial charge >= 0.3 is 5.97 Å². The second-order valence-corrected chi connectivity index (χ2v) is 6.33. The number of hydrogen-bond acceptors (Lipinski definition) is 2. The van der Waals surface area contributed by atoms with Gasteiger partial charge in [-0.25, -0.2) is 4.79 Å². The molecule has 4 heteroatoms. The van der Waals surface area contributed by atoms with Crippen molar-refractivity contribution in [3.8, 4) is 0 Å². The first kappa shape index (κ1) is 16.2. The van der Waals surface area contributed by atoms with Crippen LogP contribution in [0.5, 0.6) is 0 Å². The Balaban J connectivity index is 1.84. The second-order valence-electron chi connectivity index (χ2n) is 6.33. The molecule has 24 heavy (non-hydrogen) atoms. The molecule has 0 unspecified atom stereocenters. The molecule has 0 bridgehead atoms. The molecule has 124 valence electrons. The van der Waals surface area contributed by atoms with Crippen LogP contribution in [-0.4, -0.2) is 23.0 Å². The fourth-order valence-corrected chi connectivity index (χ4v) is 2.95. The molecule has 1 saturated carbocycles. The van der Waals surface area contributed by atoms with Crippen molar-refractivity contribution in [2.24, 2.45) is 5.92 Å². The number of hydrogen-bond donors (Lipinski definition) is 2. The van der Waals surface area contributed by atoms with Crippen LogP contribution in [0.2, 0.25) is 0 Å². The monoisotopic (exact) mass is 323 g/mol. The Morgan fingerprint density at radius 2 is 1.46 bits per heavy atom. The lowest BCUT2D eigenvalue weighted by molar-refractivity contribution is -0.142. The molecule has 2 N–H and O–H groups in total. The minimum absolute atomic E-state index is 0.263.